The Labute approximate surface area is 118 Å². The lowest BCUT2D eigenvalue weighted by molar-refractivity contribution is 0.322. The van der Waals surface area contributed by atoms with Crippen molar-refractivity contribution in [2.75, 3.05) is 17.7 Å². The molecule has 0 radical (unpaired) electrons. The maximum absolute atomic E-state index is 13.7. The molecule has 0 aromatic heterocycles. The van der Waals surface area contributed by atoms with E-state index in [1.807, 2.05) is 39.0 Å². The van der Waals surface area contributed by atoms with Crippen molar-refractivity contribution in [2.45, 2.75) is 20.8 Å². The average molecular weight is 274 g/mol. The van der Waals surface area contributed by atoms with Crippen molar-refractivity contribution in [3.63, 3.8) is 0 Å². The van der Waals surface area contributed by atoms with E-state index in [0.717, 1.165) is 16.8 Å². The van der Waals surface area contributed by atoms with Gasteiger partial charge in [0, 0.05) is 17.8 Å². The van der Waals surface area contributed by atoms with Crippen LogP contribution in [0, 0.1) is 19.7 Å². The molecule has 3 nitrogen and oxygen atoms in total. The molecular formula is C16H19FN2O. The molecule has 0 aliphatic rings. The van der Waals surface area contributed by atoms with Gasteiger partial charge in [-0.25, -0.2) is 4.39 Å². The molecular weight excluding hydrogens is 255 g/mol. The number of anilines is 3. The summed E-state index contributed by atoms with van der Waals surface area (Å²) in [6.45, 7) is 6.24. The number of rotatable bonds is 4. The van der Waals surface area contributed by atoms with Crippen LogP contribution >= 0.6 is 0 Å². The van der Waals surface area contributed by atoms with Crippen molar-refractivity contribution in [3.8, 4) is 5.75 Å². The van der Waals surface area contributed by atoms with E-state index >= 15 is 0 Å². The third-order valence-electron chi connectivity index (χ3n) is 3.07. The Hall–Kier alpha value is -2.23. The minimum absolute atomic E-state index is 0.203. The third-order valence-corrected chi connectivity index (χ3v) is 3.07. The number of hydrogen-bond donors (Lipinski definition) is 2. The van der Waals surface area contributed by atoms with Crippen LogP contribution in [0.3, 0.4) is 0 Å². The first-order chi connectivity index (χ1) is 9.51. The van der Waals surface area contributed by atoms with Gasteiger partial charge in [0.25, 0.3) is 0 Å². The van der Waals surface area contributed by atoms with Gasteiger partial charge in [0.05, 0.1) is 18.0 Å². The summed E-state index contributed by atoms with van der Waals surface area (Å²) in [6, 6.07) is 8.97. The highest BCUT2D eigenvalue weighted by Crippen LogP contribution is 2.31. The molecule has 0 saturated carbocycles. The van der Waals surface area contributed by atoms with Gasteiger partial charge in [-0.1, -0.05) is 12.1 Å². The molecule has 0 fully saturated rings. The fraction of sp³-hybridized carbons (Fsp3) is 0.250. The maximum Gasteiger partial charge on any atom is 0.167 e. The van der Waals surface area contributed by atoms with Crippen LogP contribution in [0.25, 0.3) is 0 Å². The largest absolute Gasteiger partial charge is 0.491 e. The summed E-state index contributed by atoms with van der Waals surface area (Å²) in [5, 5.41) is 3.24. The van der Waals surface area contributed by atoms with Gasteiger partial charge in [-0.15, -0.1) is 0 Å². The van der Waals surface area contributed by atoms with E-state index in [2.05, 4.69) is 5.32 Å². The predicted octanol–water partition coefficient (Wildman–Crippen LogP) is 4.17. The Bertz CT molecular complexity index is 626. The number of hydrogen-bond acceptors (Lipinski definition) is 3. The second-order valence-electron chi connectivity index (χ2n) is 4.75. The van der Waals surface area contributed by atoms with Crippen LogP contribution in [0.5, 0.6) is 5.75 Å². The Balaban J connectivity index is 2.37. The molecule has 3 N–H and O–H groups in total. The van der Waals surface area contributed by atoms with E-state index < -0.39 is 5.82 Å². The van der Waals surface area contributed by atoms with Crippen LogP contribution in [-0.2, 0) is 0 Å². The summed E-state index contributed by atoms with van der Waals surface area (Å²) in [5.74, 6) is -0.245. The monoisotopic (exact) mass is 274 g/mol. The molecule has 2 aromatic carbocycles. The standard InChI is InChI=1S/C16H19FN2O/c1-4-20-16-9-15(13(18)8-12(16)17)19-14-7-10(2)5-6-11(14)3/h5-9,19H,4,18H2,1-3H3. The molecule has 0 aliphatic heterocycles. The molecule has 0 atom stereocenters. The molecule has 4 heteroatoms. The lowest BCUT2D eigenvalue weighted by Crippen LogP contribution is -2.02. The van der Waals surface area contributed by atoms with Crippen molar-refractivity contribution in [1.82, 2.24) is 0 Å². The van der Waals surface area contributed by atoms with Crippen molar-refractivity contribution < 1.29 is 9.13 Å². The summed E-state index contributed by atoms with van der Waals surface area (Å²) >= 11 is 0. The summed E-state index contributed by atoms with van der Waals surface area (Å²) in [7, 11) is 0. The lowest BCUT2D eigenvalue weighted by Gasteiger charge is -2.14. The number of nitrogen functional groups attached to an aromatic ring is 1. The zero-order chi connectivity index (χ0) is 14.7. The number of halogens is 1. The normalized spacial score (nSPS) is 10.4. The van der Waals surface area contributed by atoms with Gasteiger partial charge < -0.3 is 15.8 Å². The summed E-state index contributed by atoms with van der Waals surface area (Å²) in [6.07, 6.45) is 0. The first kappa shape index (κ1) is 14.2. The van der Waals surface area contributed by atoms with Crippen LogP contribution in [0.1, 0.15) is 18.1 Å². The third kappa shape index (κ3) is 3.02. The van der Waals surface area contributed by atoms with Crippen molar-refractivity contribution >= 4 is 17.1 Å². The average Bonchev–Trinajstić information content (AvgIpc) is 2.39. The number of nitrogens with one attached hydrogen (secondary N) is 1. The minimum Gasteiger partial charge on any atom is -0.491 e. The van der Waals surface area contributed by atoms with E-state index in [9.17, 15) is 4.39 Å². The molecule has 0 spiro atoms. The molecule has 0 aliphatic carbocycles. The molecule has 2 rings (SSSR count). The zero-order valence-corrected chi connectivity index (χ0v) is 12.0. The zero-order valence-electron chi connectivity index (χ0n) is 12.0. The van der Waals surface area contributed by atoms with Gasteiger partial charge in [0.15, 0.2) is 11.6 Å². The highest BCUT2D eigenvalue weighted by molar-refractivity contribution is 5.75. The van der Waals surface area contributed by atoms with Gasteiger partial charge in [-0.2, -0.15) is 0 Å². The lowest BCUT2D eigenvalue weighted by atomic mass is 10.1. The Morgan fingerprint density at radius 1 is 1.15 bits per heavy atom. The molecule has 0 heterocycles. The highest BCUT2D eigenvalue weighted by atomic mass is 19.1. The Morgan fingerprint density at radius 2 is 1.90 bits per heavy atom. The number of nitrogens with two attached hydrogens (primary N) is 1. The summed E-state index contributed by atoms with van der Waals surface area (Å²) in [5.41, 5.74) is 10.0. The first-order valence-electron chi connectivity index (χ1n) is 6.57. The van der Waals surface area contributed by atoms with Gasteiger partial charge in [0.2, 0.25) is 0 Å². The summed E-state index contributed by atoms with van der Waals surface area (Å²) < 4.78 is 18.9. The molecule has 2 aromatic rings. The van der Waals surface area contributed by atoms with Gasteiger partial charge in [-0.05, 0) is 38.0 Å². The van der Waals surface area contributed by atoms with E-state index in [1.165, 1.54) is 6.07 Å². The second-order valence-corrected chi connectivity index (χ2v) is 4.75. The van der Waals surface area contributed by atoms with E-state index in [-0.39, 0.29) is 5.75 Å². The van der Waals surface area contributed by atoms with E-state index in [1.54, 1.807) is 6.07 Å². The van der Waals surface area contributed by atoms with E-state index in [4.69, 9.17) is 10.5 Å². The van der Waals surface area contributed by atoms with Crippen molar-refractivity contribution in [1.29, 1.82) is 0 Å². The summed E-state index contributed by atoms with van der Waals surface area (Å²) in [4.78, 5) is 0. The molecule has 0 saturated heterocycles. The van der Waals surface area contributed by atoms with Crippen molar-refractivity contribution in [3.05, 3.63) is 47.3 Å². The Kier molecular flexibility index (Phi) is 4.13. The number of aryl methyl sites for hydroxylation is 2. The second kappa shape index (κ2) is 5.82. The van der Waals surface area contributed by atoms with Gasteiger partial charge in [-0.3, -0.25) is 0 Å². The molecule has 0 unspecified atom stereocenters. The topological polar surface area (TPSA) is 47.3 Å². The molecule has 0 bridgehead atoms. The fourth-order valence-corrected chi connectivity index (χ4v) is 1.96. The SMILES string of the molecule is CCOc1cc(Nc2cc(C)ccc2C)c(N)cc1F. The van der Waals surface area contributed by atoms with Crippen LogP contribution in [0.4, 0.5) is 21.5 Å². The van der Waals surface area contributed by atoms with Crippen LogP contribution in [-0.4, -0.2) is 6.61 Å². The number of ether oxygens (including phenoxy) is 1. The molecule has 0 amide bonds. The van der Waals surface area contributed by atoms with Gasteiger partial charge >= 0.3 is 0 Å². The molecule has 106 valence electrons. The predicted molar refractivity (Wildman–Crippen MR) is 81.2 cm³/mol. The minimum atomic E-state index is -0.448. The smallest absolute Gasteiger partial charge is 0.167 e. The van der Waals surface area contributed by atoms with E-state index in [0.29, 0.717) is 18.0 Å². The van der Waals surface area contributed by atoms with Gasteiger partial charge in [0.1, 0.15) is 0 Å². The van der Waals surface area contributed by atoms with Crippen molar-refractivity contribution in [2.24, 2.45) is 0 Å². The Morgan fingerprint density at radius 3 is 2.60 bits per heavy atom. The van der Waals surface area contributed by atoms with Crippen LogP contribution in [0.15, 0.2) is 30.3 Å². The quantitative estimate of drug-likeness (QED) is 0.823. The fourth-order valence-electron chi connectivity index (χ4n) is 1.96. The first-order valence-corrected chi connectivity index (χ1v) is 6.57. The highest BCUT2D eigenvalue weighted by Gasteiger charge is 2.10. The van der Waals surface area contributed by atoms with Crippen LogP contribution in [0.2, 0.25) is 0 Å². The molecule has 20 heavy (non-hydrogen) atoms. The maximum atomic E-state index is 13.7. The number of benzene rings is 2. The van der Waals surface area contributed by atoms with Crippen LogP contribution < -0.4 is 15.8 Å².